The minimum Gasteiger partial charge on any atom is -0.394 e. The Morgan fingerprint density at radius 2 is 2.12 bits per heavy atom. The Hall–Kier alpha value is -1.40. The van der Waals surface area contributed by atoms with Gasteiger partial charge in [0.2, 0.25) is 0 Å². The fourth-order valence-electron chi connectivity index (χ4n) is 1.33. The van der Waals surface area contributed by atoms with Crippen molar-refractivity contribution in [3.05, 3.63) is 11.9 Å². The molecule has 6 nitrogen and oxygen atoms in total. The Bertz CT molecular complexity index is 322. The summed E-state index contributed by atoms with van der Waals surface area (Å²) in [6.45, 7) is 5.09. The first-order valence-corrected chi connectivity index (χ1v) is 5.67. The maximum Gasteiger partial charge on any atom is 0.158 e. The minimum atomic E-state index is -0.0465. The van der Waals surface area contributed by atoms with Crippen molar-refractivity contribution in [2.24, 2.45) is 0 Å². The van der Waals surface area contributed by atoms with Crippen LogP contribution in [0.2, 0.25) is 0 Å². The van der Waals surface area contributed by atoms with Gasteiger partial charge in [0.05, 0.1) is 6.61 Å². The molecule has 1 rings (SSSR count). The molecule has 1 aromatic rings. The molecule has 1 aromatic heterocycles. The number of anilines is 2. The second-order valence-electron chi connectivity index (χ2n) is 3.75. The molecule has 6 heteroatoms. The molecule has 3 N–H and O–H groups in total. The number of hydrogen-bond donors (Lipinski definition) is 3. The maximum absolute atomic E-state index is 9.00. The Kier molecular flexibility index (Phi) is 5.65. The van der Waals surface area contributed by atoms with Crippen LogP contribution in [-0.4, -0.2) is 41.4 Å². The van der Waals surface area contributed by atoms with Crippen LogP contribution >= 0.6 is 0 Å². The summed E-state index contributed by atoms with van der Waals surface area (Å²) < 4.78 is 5.02. The van der Waals surface area contributed by atoms with Crippen molar-refractivity contribution in [1.82, 2.24) is 9.97 Å². The molecule has 1 unspecified atom stereocenters. The summed E-state index contributed by atoms with van der Waals surface area (Å²) in [5, 5.41) is 15.2. The lowest BCUT2D eigenvalue weighted by Gasteiger charge is -2.13. The topological polar surface area (TPSA) is 79.3 Å². The molecule has 96 valence electrons. The van der Waals surface area contributed by atoms with E-state index in [0.717, 1.165) is 12.4 Å². The molecule has 0 aliphatic carbocycles. The zero-order valence-corrected chi connectivity index (χ0v) is 10.5. The van der Waals surface area contributed by atoms with Crippen LogP contribution in [0.1, 0.15) is 19.7 Å². The molecular weight excluding hydrogens is 220 g/mol. The van der Waals surface area contributed by atoms with E-state index in [1.807, 2.05) is 19.9 Å². The number of methoxy groups -OCH3 is 1. The lowest BCUT2D eigenvalue weighted by molar-refractivity contribution is 0.178. The average Bonchev–Trinajstić information content (AvgIpc) is 2.29. The van der Waals surface area contributed by atoms with Gasteiger partial charge in [-0.2, -0.15) is 0 Å². The monoisotopic (exact) mass is 240 g/mol. The van der Waals surface area contributed by atoms with Crippen molar-refractivity contribution in [2.45, 2.75) is 26.5 Å². The van der Waals surface area contributed by atoms with Gasteiger partial charge in [-0.1, -0.05) is 0 Å². The van der Waals surface area contributed by atoms with Crippen LogP contribution in [0, 0.1) is 0 Å². The molecule has 1 atom stereocenters. The van der Waals surface area contributed by atoms with Crippen molar-refractivity contribution in [2.75, 3.05) is 30.9 Å². The Morgan fingerprint density at radius 3 is 2.71 bits per heavy atom. The molecule has 17 heavy (non-hydrogen) atoms. The van der Waals surface area contributed by atoms with Gasteiger partial charge in [-0.05, 0) is 13.8 Å². The second kappa shape index (κ2) is 7.03. The lowest BCUT2D eigenvalue weighted by Crippen LogP contribution is -2.21. The third-order valence-corrected chi connectivity index (χ3v) is 2.07. The van der Waals surface area contributed by atoms with Gasteiger partial charge in [0.1, 0.15) is 18.2 Å². The second-order valence-corrected chi connectivity index (χ2v) is 3.75. The fourth-order valence-corrected chi connectivity index (χ4v) is 1.33. The molecule has 0 radical (unpaired) electrons. The number of aromatic nitrogens is 2. The Morgan fingerprint density at radius 1 is 1.41 bits per heavy atom. The smallest absolute Gasteiger partial charge is 0.158 e. The van der Waals surface area contributed by atoms with E-state index in [1.54, 1.807) is 7.11 Å². The van der Waals surface area contributed by atoms with Crippen LogP contribution in [0.5, 0.6) is 0 Å². The van der Waals surface area contributed by atoms with Crippen LogP contribution in [0.4, 0.5) is 11.6 Å². The molecule has 0 saturated carbocycles. The number of hydrogen-bond acceptors (Lipinski definition) is 6. The highest BCUT2D eigenvalue weighted by Crippen LogP contribution is 2.12. The van der Waals surface area contributed by atoms with Crippen LogP contribution in [0.25, 0.3) is 0 Å². The normalized spacial score (nSPS) is 12.2. The van der Waals surface area contributed by atoms with Gasteiger partial charge < -0.3 is 20.5 Å². The fraction of sp³-hybridized carbons (Fsp3) is 0.636. The molecule has 0 bridgehead atoms. The van der Waals surface area contributed by atoms with E-state index in [9.17, 15) is 0 Å². The van der Waals surface area contributed by atoms with Crippen LogP contribution in [-0.2, 0) is 11.3 Å². The number of nitrogens with zero attached hydrogens (tertiary/aromatic N) is 2. The largest absolute Gasteiger partial charge is 0.394 e. The SMILES string of the molecule is CCNc1cc(NC(C)CO)nc(COC)n1. The lowest BCUT2D eigenvalue weighted by atomic mass is 10.3. The zero-order valence-electron chi connectivity index (χ0n) is 10.5. The van der Waals surface area contributed by atoms with Crippen LogP contribution in [0.15, 0.2) is 6.07 Å². The third kappa shape index (κ3) is 4.54. The van der Waals surface area contributed by atoms with E-state index >= 15 is 0 Å². The summed E-state index contributed by atoms with van der Waals surface area (Å²) >= 11 is 0. The number of aliphatic hydroxyl groups is 1. The highest BCUT2D eigenvalue weighted by atomic mass is 16.5. The molecule has 0 aliphatic heterocycles. The molecule has 0 aromatic carbocycles. The molecular formula is C11H20N4O2. The van der Waals surface area contributed by atoms with Crippen LogP contribution < -0.4 is 10.6 Å². The van der Waals surface area contributed by atoms with Crippen molar-refractivity contribution in [3.8, 4) is 0 Å². The van der Waals surface area contributed by atoms with E-state index < -0.39 is 0 Å². The molecule has 0 fully saturated rings. The summed E-state index contributed by atoms with van der Waals surface area (Å²) in [6, 6.07) is 1.77. The summed E-state index contributed by atoms with van der Waals surface area (Å²) in [6.07, 6.45) is 0. The molecule has 0 amide bonds. The number of ether oxygens (including phenoxy) is 1. The van der Waals surface area contributed by atoms with Crippen LogP contribution in [0.3, 0.4) is 0 Å². The quantitative estimate of drug-likeness (QED) is 0.655. The third-order valence-electron chi connectivity index (χ3n) is 2.07. The molecule has 0 aliphatic rings. The summed E-state index contributed by atoms with van der Waals surface area (Å²) in [4.78, 5) is 8.59. The standard InChI is InChI=1S/C11H20N4O2/c1-4-12-9-5-10(13-8(2)6-16)15-11(14-9)7-17-3/h5,8,16H,4,6-7H2,1-3H3,(H2,12,13,14,15). The first-order chi connectivity index (χ1) is 8.19. The van der Waals surface area contributed by atoms with Crippen molar-refractivity contribution in [3.63, 3.8) is 0 Å². The van der Waals surface area contributed by atoms with Crippen molar-refractivity contribution in [1.29, 1.82) is 0 Å². The van der Waals surface area contributed by atoms with E-state index in [2.05, 4.69) is 20.6 Å². The first-order valence-electron chi connectivity index (χ1n) is 5.67. The van der Waals surface area contributed by atoms with Crippen molar-refractivity contribution >= 4 is 11.6 Å². The van der Waals surface area contributed by atoms with E-state index in [1.165, 1.54) is 0 Å². The predicted octanol–water partition coefficient (Wildman–Crippen LogP) is 0.847. The Labute approximate surface area is 101 Å². The Balaban J connectivity index is 2.86. The van der Waals surface area contributed by atoms with Crippen molar-refractivity contribution < 1.29 is 9.84 Å². The summed E-state index contributed by atoms with van der Waals surface area (Å²) in [7, 11) is 1.60. The summed E-state index contributed by atoms with van der Waals surface area (Å²) in [5.41, 5.74) is 0. The van der Waals surface area contributed by atoms with Gasteiger partial charge in [-0.15, -0.1) is 0 Å². The highest BCUT2D eigenvalue weighted by Gasteiger charge is 2.06. The molecule has 0 spiro atoms. The highest BCUT2D eigenvalue weighted by molar-refractivity contribution is 5.47. The van der Waals surface area contributed by atoms with E-state index in [-0.39, 0.29) is 12.6 Å². The first kappa shape index (κ1) is 13.7. The van der Waals surface area contributed by atoms with Gasteiger partial charge >= 0.3 is 0 Å². The number of rotatable bonds is 7. The average molecular weight is 240 g/mol. The molecule has 1 heterocycles. The number of aliphatic hydroxyl groups excluding tert-OH is 1. The number of nitrogens with one attached hydrogen (secondary N) is 2. The van der Waals surface area contributed by atoms with E-state index in [0.29, 0.717) is 18.2 Å². The van der Waals surface area contributed by atoms with Gasteiger partial charge in [-0.3, -0.25) is 0 Å². The maximum atomic E-state index is 9.00. The zero-order chi connectivity index (χ0) is 12.7. The minimum absolute atomic E-state index is 0.0465. The van der Waals surface area contributed by atoms with Gasteiger partial charge in [0.15, 0.2) is 5.82 Å². The van der Waals surface area contributed by atoms with E-state index in [4.69, 9.17) is 9.84 Å². The molecule has 0 saturated heterocycles. The predicted molar refractivity (Wildman–Crippen MR) is 67.1 cm³/mol. The van der Waals surface area contributed by atoms with Gasteiger partial charge in [0.25, 0.3) is 0 Å². The summed E-state index contributed by atoms with van der Waals surface area (Å²) in [5.74, 6) is 2.05. The van der Waals surface area contributed by atoms with Gasteiger partial charge in [-0.25, -0.2) is 9.97 Å². The van der Waals surface area contributed by atoms with Gasteiger partial charge in [0, 0.05) is 25.8 Å².